The molecule has 1 rings (SSSR count). The van der Waals surface area contributed by atoms with Crippen LogP contribution in [0.4, 0.5) is 4.79 Å². The van der Waals surface area contributed by atoms with Crippen LogP contribution in [0.25, 0.3) is 0 Å². The lowest BCUT2D eigenvalue weighted by Crippen LogP contribution is -2.50. The molecule has 5 heteroatoms. The highest BCUT2D eigenvalue weighted by molar-refractivity contribution is 5.86. The van der Waals surface area contributed by atoms with Crippen LogP contribution < -0.4 is 0 Å². The van der Waals surface area contributed by atoms with Crippen molar-refractivity contribution in [3.63, 3.8) is 0 Å². The minimum Gasteiger partial charge on any atom is -0.444 e. The fourth-order valence-corrected chi connectivity index (χ4v) is 2.22. The van der Waals surface area contributed by atoms with Crippen LogP contribution in [-0.2, 0) is 9.53 Å². The van der Waals surface area contributed by atoms with Gasteiger partial charge in [0.25, 0.3) is 0 Å². The molecule has 0 spiro atoms. The summed E-state index contributed by atoms with van der Waals surface area (Å²) >= 11 is 0. The first kappa shape index (κ1) is 14.8. The molecule has 1 saturated heterocycles. The third-order valence-electron chi connectivity index (χ3n) is 2.76. The third kappa shape index (κ3) is 3.15. The second-order valence-electron chi connectivity index (χ2n) is 6.85. The first-order chi connectivity index (χ1) is 7.93. The highest BCUT2D eigenvalue weighted by Crippen LogP contribution is 2.31. The topological polar surface area (TPSA) is 49.9 Å². The quantitative estimate of drug-likeness (QED) is 0.666. The van der Waals surface area contributed by atoms with Gasteiger partial charge >= 0.3 is 6.09 Å². The van der Waals surface area contributed by atoms with Crippen molar-refractivity contribution >= 4 is 12.0 Å². The van der Waals surface area contributed by atoms with Gasteiger partial charge in [-0.2, -0.15) is 0 Å². The molecule has 0 saturated carbocycles. The molecular formula is C13H24N2O3. The van der Waals surface area contributed by atoms with Gasteiger partial charge in [0.1, 0.15) is 18.3 Å². The van der Waals surface area contributed by atoms with Crippen molar-refractivity contribution in [1.29, 1.82) is 0 Å². The Morgan fingerprint density at radius 2 is 1.72 bits per heavy atom. The van der Waals surface area contributed by atoms with E-state index in [1.165, 1.54) is 4.90 Å². The van der Waals surface area contributed by atoms with E-state index in [-0.39, 0.29) is 24.0 Å². The molecule has 1 aliphatic heterocycles. The molecule has 18 heavy (non-hydrogen) atoms. The Bertz CT molecular complexity index is 352. The summed E-state index contributed by atoms with van der Waals surface area (Å²) in [5.41, 5.74) is -0.762. The van der Waals surface area contributed by atoms with Crippen molar-refractivity contribution in [2.45, 2.75) is 53.3 Å². The number of ether oxygens (including phenoxy) is 1. The molecule has 104 valence electrons. The van der Waals surface area contributed by atoms with Crippen molar-refractivity contribution < 1.29 is 14.3 Å². The number of carbonyl (C=O) groups is 2. The minimum atomic E-state index is -0.552. The summed E-state index contributed by atoms with van der Waals surface area (Å²) in [7, 11) is 1.72. The summed E-state index contributed by atoms with van der Waals surface area (Å²) in [6, 6.07) is 0. The van der Waals surface area contributed by atoms with Crippen LogP contribution >= 0.6 is 0 Å². The Morgan fingerprint density at radius 3 is 2.11 bits per heavy atom. The normalized spacial score (nSPS) is 21.5. The molecular weight excluding hydrogens is 232 g/mol. The SMILES string of the molecule is CN1C(=O)CN(C(=O)OC(C)(C)C)C1C(C)(C)C. The van der Waals surface area contributed by atoms with E-state index in [0.29, 0.717) is 0 Å². The van der Waals surface area contributed by atoms with Gasteiger partial charge in [-0.15, -0.1) is 0 Å². The fourth-order valence-electron chi connectivity index (χ4n) is 2.22. The maximum atomic E-state index is 12.1. The molecule has 5 nitrogen and oxygen atoms in total. The van der Waals surface area contributed by atoms with Crippen LogP contribution in [0.5, 0.6) is 0 Å². The summed E-state index contributed by atoms with van der Waals surface area (Å²) < 4.78 is 5.35. The zero-order chi connectivity index (χ0) is 14.3. The van der Waals surface area contributed by atoms with Crippen LogP contribution in [0.15, 0.2) is 0 Å². The van der Waals surface area contributed by atoms with Crippen LogP contribution in [0.2, 0.25) is 0 Å². The number of nitrogens with zero attached hydrogens (tertiary/aromatic N) is 2. The molecule has 2 amide bonds. The van der Waals surface area contributed by atoms with Crippen molar-refractivity contribution in [2.75, 3.05) is 13.6 Å². The van der Waals surface area contributed by atoms with Gasteiger partial charge in [0.15, 0.2) is 0 Å². The summed E-state index contributed by atoms with van der Waals surface area (Å²) in [5, 5.41) is 0. The monoisotopic (exact) mass is 256 g/mol. The maximum Gasteiger partial charge on any atom is 0.412 e. The molecule has 0 aliphatic carbocycles. The standard InChI is InChI=1S/C13H24N2O3/c1-12(2,3)10-14(7)9(16)8-15(10)11(17)18-13(4,5)6/h10H,8H2,1-7H3. The Labute approximate surface area is 109 Å². The number of likely N-dealkylation sites (N-methyl/N-ethyl adjacent to an activating group) is 1. The summed E-state index contributed by atoms with van der Waals surface area (Å²) in [5.74, 6) is -0.0548. The molecule has 0 aromatic carbocycles. The van der Waals surface area contributed by atoms with E-state index in [0.717, 1.165) is 0 Å². The molecule has 0 aromatic heterocycles. The van der Waals surface area contributed by atoms with Gasteiger partial charge in [-0.1, -0.05) is 20.8 Å². The lowest BCUT2D eigenvalue weighted by molar-refractivity contribution is -0.127. The van der Waals surface area contributed by atoms with Gasteiger partial charge < -0.3 is 9.64 Å². The van der Waals surface area contributed by atoms with E-state index in [1.54, 1.807) is 11.9 Å². The van der Waals surface area contributed by atoms with E-state index in [4.69, 9.17) is 4.74 Å². The number of hydrogen-bond donors (Lipinski definition) is 0. The van der Waals surface area contributed by atoms with Crippen LogP contribution in [0.3, 0.4) is 0 Å². The van der Waals surface area contributed by atoms with Crippen LogP contribution in [-0.4, -0.2) is 47.2 Å². The largest absolute Gasteiger partial charge is 0.444 e. The number of amides is 2. The third-order valence-corrected chi connectivity index (χ3v) is 2.76. The fraction of sp³-hybridized carbons (Fsp3) is 0.846. The first-order valence-corrected chi connectivity index (χ1v) is 6.19. The predicted octanol–water partition coefficient (Wildman–Crippen LogP) is 2.07. The number of rotatable bonds is 0. The summed E-state index contributed by atoms with van der Waals surface area (Å²) in [6.45, 7) is 11.6. The Hall–Kier alpha value is -1.26. The molecule has 1 fully saturated rings. The van der Waals surface area contributed by atoms with Gasteiger partial charge in [-0.25, -0.2) is 4.79 Å². The van der Waals surface area contributed by atoms with Gasteiger partial charge in [0, 0.05) is 12.5 Å². The molecule has 0 N–H and O–H groups in total. The van der Waals surface area contributed by atoms with Crippen LogP contribution in [0.1, 0.15) is 41.5 Å². The molecule has 0 bridgehead atoms. The zero-order valence-electron chi connectivity index (χ0n) is 12.4. The summed E-state index contributed by atoms with van der Waals surface area (Å²) in [6.07, 6.45) is -0.694. The van der Waals surface area contributed by atoms with E-state index >= 15 is 0 Å². The van der Waals surface area contributed by atoms with Crippen molar-refractivity contribution in [2.24, 2.45) is 5.41 Å². The van der Waals surface area contributed by atoms with Gasteiger partial charge in [-0.3, -0.25) is 9.69 Å². The zero-order valence-corrected chi connectivity index (χ0v) is 12.4. The molecule has 1 heterocycles. The molecule has 1 aliphatic rings. The minimum absolute atomic E-state index is 0.0548. The van der Waals surface area contributed by atoms with Crippen molar-refractivity contribution in [3.8, 4) is 0 Å². The lowest BCUT2D eigenvalue weighted by Gasteiger charge is -2.38. The molecule has 0 radical (unpaired) electrons. The predicted molar refractivity (Wildman–Crippen MR) is 69.0 cm³/mol. The average Bonchev–Trinajstić information content (AvgIpc) is 2.39. The number of hydrogen-bond acceptors (Lipinski definition) is 3. The lowest BCUT2D eigenvalue weighted by atomic mass is 9.91. The second kappa shape index (κ2) is 4.44. The van der Waals surface area contributed by atoms with E-state index < -0.39 is 11.7 Å². The van der Waals surface area contributed by atoms with Crippen LogP contribution in [0, 0.1) is 5.41 Å². The molecule has 0 aromatic rings. The smallest absolute Gasteiger partial charge is 0.412 e. The Morgan fingerprint density at radius 1 is 1.22 bits per heavy atom. The Balaban J connectivity index is 2.93. The molecule has 1 unspecified atom stereocenters. The number of carbonyl (C=O) groups excluding carboxylic acids is 2. The van der Waals surface area contributed by atoms with Gasteiger partial charge in [0.2, 0.25) is 5.91 Å². The highest BCUT2D eigenvalue weighted by Gasteiger charge is 2.46. The van der Waals surface area contributed by atoms with Gasteiger partial charge in [0.05, 0.1) is 0 Å². The highest BCUT2D eigenvalue weighted by atomic mass is 16.6. The summed E-state index contributed by atoms with van der Waals surface area (Å²) in [4.78, 5) is 27.0. The molecule has 1 atom stereocenters. The van der Waals surface area contributed by atoms with E-state index in [1.807, 2.05) is 41.5 Å². The average molecular weight is 256 g/mol. The van der Waals surface area contributed by atoms with Gasteiger partial charge in [-0.05, 0) is 20.8 Å². The van der Waals surface area contributed by atoms with E-state index in [9.17, 15) is 9.59 Å². The van der Waals surface area contributed by atoms with Crippen molar-refractivity contribution in [1.82, 2.24) is 9.80 Å². The van der Waals surface area contributed by atoms with Crippen molar-refractivity contribution in [3.05, 3.63) is 0 Å². The first-order valence-electron chi connectivity index (χ1n) is 6.19. The second-order valence-corrected chi connectivity index (χ2v) is 6.85. The van der Waals surface area contributed by atoms with E-state index in [2.05, 4.69) is 0 Å². The maximum absolute atomic E-state index is 12.1. The Kier molecular flexibility index (Phi) is 3.65.